The first-order valence-electron chi connectivity index (χ1n) is 7.65. The fourth-order valence-corrected chi connectivity index (χ4v) is 4.37. The smallest absolute Gasteiger partial charge is 0.137 e. The second-order valence-electron chi connectivity index (χ2n) is 6.61. The molecule has 20 heavy (non-hydrogen) atoms. The maximum absolute atomic E-state index is 9.87. The number of aliphatic hydroxyl groups excluding tert-OH is 1. The van der Waals surface area contributed by atoms with Gasteiger partial charge in [-0.05, 0) is 25.7 Å². The third kappa shape index (κ3) is 1.69. The molecular weight excluding hydrogens is 252 g/mol. The second-order valence-corrected chi connectivity index (χ2v) is 6.61. The highest BCUT2D eigenvalue weighted by Crippen LogP contribution is 2.49. The summed E-state index contributed by atoms with van der Waals surface area (Å²) in [7, 11) is 0. The van der Waals surface area contributed by atoms with E-state index in [0.717, 1.165) is 49.9 Å². The van der Waals surface area contributed by atoms with E-state index in [0.29, 0.717) is 12.5 Å². The predicted molar refractivity (Wildman–Crippen MR) is 76.4 cm³/mol. The zero-order valence-corrected chi connectivity index (χ0v) is 12.0. The third-order valence-corrected chi connectivity index (χ3v) is 5.43. The lowest BCUT2D eigenvalue weighted by atomic mass is 9.82. The van der Waals surface area contributed by atoms with Gasteiger partial charge in [0.1, 0.15) is 11.6 Å². The average Bonchev–Trinajstić information content (AvgIpc) is 3.10. The van der Waals surface area contributed by atoms with Crippen LogP contribution in [-0.4, -0.2) is 34.8 Å². The Labute approximate surface area is 119 Å². The van der Waals surface area contributed by atoms with Gasteiger partial charge in [0.25, 0.3) is 0 Å². The summed E-state index contributed by atoms with van der Waals surface area (Å²) in [6, 6.07) is 0. The van der Waals surface area contributed by atoms with E-state index in [4.69, 9.17) is 4.98 Å². The van der Waals surface area contributed by atoms with Crippen molar-refractivity contribution in [1.82, 2.24) is 15.3 Å². The van der Waals surface area contributed by atoms with E-state index in [1.54, 1.807) is 0 Å². The van der Waals surface area contributed by atoms with E-state index in [1.807, 2.05) is 6.92 Å². The van der Waals surface area contributed by atoms with Gasteiger partial charge in [0.2, 0.25) is 0 Å². The molecule has 2 fully saturated rings. The van der Waals surface area contributed by atoms with Crippen LogP contribution in [0.4, 0.5) is 5.82 Å². The molecule has 3 aliphatic rings. The molecule has 0 amide bonds. The normalized spacial score (nSPS) is 31.7. The minimum Gasteiger partial charge on any atom is -0.396 e. The van der Waals surface area contributed by atoms with Crippen LogP contribution in [0.25, 0.3) is 0 Å². The Kier molecular flexibility index (Phi) is 2.76. The molecular formula is C15H22N4O. The number of aliphatic hydroxyl groups is 1. The number of fused-ring (bicyclic) bond motifs is 2. The number of hydrogen-bond donors (Lipinski definition) is 2. The first-order chi connectivity index (χ1) is 9.72. The molecule has 1 saturated heterocycles. The second kappa shape index (κ2) is 4.40. The summed E-state index contributed by atoms with van der Waals surface area (Å²) in [5.74, 6) is 2.60. The lowest BCUT2D eigenvalue weighted by Gasteiger charge is -2.26. The van der Waals surface area contributed by atoms with Gasteiger partial charge >= 0.3 is 0 Å². The number of hydrogen-bond acceptors (Lipinski definition) is 5. The Morgan fingerprint density at radius 2 is 2.30 bits per heavy atom. The van der Waals surface area contributed by atoms with E-state index >= 15 is 0 Å². The molecule has 4 rings (SSSR count). The van der Waals surface area contributed by atoms with Crippen LogP contribution >= 0.6 is 0 Å². The van der Waals surface area contributed by atoms with Gasteiger partial charge in [-0.2, -0.15) is 0 Å². The molecule has 3 heterocycles. The number of nitrogens with one attached hydrogen (secondary N) is 1. The van der Waals surface area contributed by atoms with Gasteiger partial charge in [-0.3, -0.25) is 0 Å². The summed E-state index contributed by atoms with van der Waals surface area (Å²) < 4.78 is 0. The van der Waals surface area contributed by atoms with Crippen molar-refractivity contribution >= 4 is 5.82 Å². The maximum Gasteiger partial charge on any atom is 0.137 e. The maximum atomic E-state index is 9.87. The van der Waals surface area contributed by atoms with Gasteiger partial charge < -0.3 is 15.3 Å². The van der Waals surface area contributed by atoms with E-state index < -0.39 is 0 Å². The summed E-state index contributed by atoms with van der Waals surface area (Å²) in [6.45, 7) is 6.02. The number of nitrogens with zero attached hydrogens (tertiary/aromatic N) is 3. The monoisotopic (exact) mass is 274 g/mol. The number of rotatable bonds is 2. The topological polar surface area (TPSA) is 61.3 Å². The van der Waals surface area contributed by atoms with Crippen molar-refractivity contribution in [2.75, 3.05) is 24.6 Å². The highest BCUT2D eigenvalue weighted by Gasteiger charge is 2.49. The molecule has 0 radical (unpaired) electrons. The minimum absolute atomic E-state index is 0.123. The number of anilines is 1. The van der Waals surface area contributed by atoms with Crippen molar-refractivity contribution in [3.05, 3.63) is 17.1 Å². The minimum atomic E-state index is 0.123. The molecule has 1 aromatic heterocycles. The Hall–Kier alpha value is -1.20. The Bertz CT molecular complexity index is 547. The lowest BCUT2D eigenvalue weighted by Crippen LogP contribution is -2.31. The van der Waals surface area contributed by atoms with Crippen LogP contribution in [0.2, 0.25) is 0 Å². The van der Waals surface area contributed by atoms with E-state index in [1.165, 1.54) is 18.4 Å². The standard InChI is InChI=1S/C15H22N4O/c1-10-17-13-6-16-5-12(13)14(18-10)19-7-11-3-2-4-15(11,8-19)9-20/h11,16,20H,2-9H2,1H3/t11-,15+/m0/s1. The summed E-state index contributed by atoms with van der Waals surface area (Å²) in [4.78, 5) is 11.7. The summed E-state index contributed by atoms with van der Waals surface area (Å²) >= 11 is 0. The Balaban J connectivity index is 1.70. The largest absolute Gasteiger partial charge is 0.396 e. The van der Waals surface area contributed by atoms with Crippen molar-refractivity contribution < 1.29 is 5.11 Å². The van der Waals surface area contributed by atoms with E-state index in [-0.39, 0.29) is 5.41 Å². The first kappa shape index (κ1) is 12.5. The SMILES string of the molecule is Cc1nc2c(c(N3C[C@@H]4CCC[C@]4(CO)C3)n1)CNC2. The van der Waals surface area contributed by atoms with Crippen LogP contribution in [0, 0.1) is 18.3 Å². The summed E-state index contributed by atoms with van der Waals surface area (Å²) in [5, 5.41) is 13.2. The van der Waals surface area contributed by atoms with Crippen LogP contribution < -0.4 is 10.2 Å². The van der Waals surface area contributed by atoms with Gasteiger partial charge in [-0.25, -0.2) is 9.97 Å². The molecule has 0 bridgehead atoms. The van der Waals surface area contributed by atoms with Crippen molar-refractivity contribution in [1.29, 1.82) is 0 Å². The van der Waals surface area contributed by atoms with Crippen LogP contribution in [0.15, 0.2) is 0 Å². The van der Waals surface area contributed by atoms with E-state index in [9.17, 15) is 5.11 Å². The lowest BCUT2D eigenvalue weighted by molar-refractivity contribution is 0.121. The molecule has 108 valence electrons. The van der Waals surface area contributed by atoms with Gasteiger partial charge in [0, 0.05) is 37.2 Å². The molecule has 1 saturated carbocycles. The fraction of sp³-hybridized carbons (Fsp3) is 0.733. The highest BCUT2D eigenvalue weighted by atomic mass is 16.3. The summed E-state index contributed by atoms with van der Waals surface area (Å²) in [6.07, 6.45) is 3.68. The fourth-order valence-electron chi connectivity index (χ4n) is 4.37. The highest BCUT2D eigenvalue weighted by molar-refractivity contribution is 5.52. The quantitative estimate of drug-likeness (QED) is 0.842. The van der Waals surface area contributed by atoms with Gasteiger partial charge in [-0.1, -0.05) is 6.42 Å². The predicted octanol–water partition coefficient (Wildman–Crippen LogP) is 0.987. The molecule has 5 nitrogen and oxygen atoms in total. The van der Waals surface area contributed by atoms with Crippen LogP contribution in [0.5, 0.6) is 0 Å². The zero-order valence-electron chi connectivity index (χ0n) is 12.0. The van der Waals surface area contributed by atoms with Gasteiger partial charge in [0.15, 0.2) is 0 Å². The van der Waals surface area contributed by atoms with Crippen molar-refractivity contribution in [2.24, 2.45) is 11.3 Å². The molecule has 2 atom stereocenters. The molecule has 1 aromatic rings. The molecule has 5 heteroatoms. The first-order valence-corrected chi connectivity index (χ1v) is 7.65. The van der Waals surface area contributed by atoms with Crippen molar-refractivity contribution in [2.45, 2.75) is 39.3 Å². The number of aryl methyl sites for hydroxylation is 1. The van der Waals surface area contributed by atoms with Crippen molar-refractivity contribution in [3.63, 3.8) is 0 Å². The Morgan fingerprint density at radius 3 is 3.10 bits per heavy atom. The van der Waals surface area contributed by atoms with Gasteiger partial charge in [0.05, 0.1) is 12.3 Å². The molecule has 0 spiro atoms. The third-order valence-electron chi connectivity index (χ3n) is 5.43. The van der Waals surface area contributed by atoms with Gasteiger partial charge in [-0.15, -0.1) is 0 Å². The van der Waals surface area contributed by atoms with Crippen LogP contribution in [0.3, 0.4) is 0 Å². The molecule has 0 unspecified atom stereocenters. The molecule has 0 aromatic carbocycles. The number of aromatic nitrogens is 2. The van der Waals surface area contributed by atoms with Crippen LogP contribution in [-0.2, 0) is 13.1 Å². The summed E-state index contributed by atoms with van der Waals surface area (Å²) in [5.41, 5.74) is 2.55. The molecule has 1 aliphatic carbocycles. The van der Waals surface area contributed by atoms with E-state index in [2.05, 4.69) is 15.2 Å². The Morgan fingerprint density at radius 1 is 1.40 bits per heavy atom. The van der Waals surface area contributed by atoms with Crippen LogP contribution in [0.1, 0.15) is 36.3 Å². The molecule has 2 N–H and O–H groups in total. The van der Waals surface area contributed by atoms with Crippen molar-refractivity contribution in [3.8, 4) is 0 Å². The zero-order chi connectivity index (χ0) is 13.7. The molecule has 2 aliphatic heterocycles. The average molecular weight is 274 g/mol.